The highest BCUT2D eigenvalue weighted by Gasteiger charge is 2.10. The van der Waals surface area contributed by atoms with Crippen LogP contribution < -0.4 is 5.73 Å². The third-order valence-corrected chi connectivity index (χ3v) is 2.48. The highest BCUT2D eigenvalue weighted by molar-refractivity contribution is 6.35. The summed E-state index contributed by atoms with van der Waals surface area (Å²) in [6.45, 7) is 2.41. The average molecular weight is 222 g/mol. The predicted molar refractivity (Wildman–Crippen MR) is 53.9 cm³/mol. The molecule has 0 saturated carbocycles. The molecule has 72 valence electrons. The van der Waals surface area contributed by atoms with E-state index < -0.39 is 5.82 Å². The van der Waals surface area contributed by atoms with Crippen LogP contribution in [0.2, 0.25) is 10.0 Å². The molecule has 1 aromatic carbocycles. The van der Waals surface area contributed by atoms with Gasteiger partial charge in [-0.15, -0.1) is 0 Å². The Morgan fingerprint density at radius 3 is 2.23 bits per heavy atom. The van der Waals surface area contributed by atoms with E-state index in [9.17, 15) is 4.39 Å². The summed E-state index contributed by atoms with van der Waals surface area (Å²) in [5.41, 5.74) is 6.32. The lowest BCUT2D eigenvalue weighted by atomic mass is 10.0. The molecule has 0 saturated heterocycles. The molecule has 0 heterocycles. The summed E-state index contributed by atoms with van der Waals surface area (Å²) in [6, 6.07) is 3.11. The maximum atomic E-state index is 13.0. The zero-order valence-electron chi connectivity index (χ0n) is 7.15. The summed E-state index contributed by atoms with van der Waals surface area (Å²) in [6.07, 6.45) is 0. The number of rotatable bonds is 2. The van der Waals surface area contributed by atoms with Crippen LogP contribution in [0.1, 0.15) is 18.4 Å². The Kier molecular flexibility index (Phi) is 3.54. The first-order chi connectivity index (χ1) is 6.06. The van der Waals surface area contributed by atoms with Crippen molar-refractivity contribution in [3.05, 3.63) is 33.6 Å². The van der Waals surface area contributed by atoms with E-state index in [0.717, 1.165) is 5.56 Å². The maximum absolute atomic E-state index is 13.0. The third-order valence-electron chi connectivity index (χ3n) is 1.93. The molecule has 4 heteroatoms. The summed E-state index contributed by atoms with van der Waals surface area (Å²) >= 11 is 11.2. The molecule has 2 N–H and O–H groups in total. The van der Waals surface area contributed by atoms with Crippen LogP contribution in [0.5, 0.6) is 0 Å². The van der Waals surface area contributed by atoms with Gasteiger partial charge in [-0.25, -0.2) is 4.39 Å². The fourth-order valence-electron chi connectivity index (χ4n) is 0.996. The van der Waals surface area contributed by atoms with E-state index in [1.807, 2.05) is 6.92 Å². The van der Waals surface area contributed by atoms with Crippen molar-refractivity contribution in [1.29, 1.82) is 0 Å². The lowest BCUT2D eigenvalue weighted by molar-refractivity contribution is 0.626. The van der Waals surface area contributed by atoms with E-state index in [-0.39, 0.29) is 16.0 Å². The lowest BCUT2D eigenvalue weighted by Gasteiger charge is -2.10. The Hall–Kier alpha value is -0.310. The largest absolute Gasteiger partial charge is 0.330 e. The summed E-state index contributed by atoms with van der Waals surface area (Å²) in [5.74, 6) is -0.438. The van der Waals surface area contributed by atoms with Crippen LogP contribution in [0.4, 0.5) is 4.39 Å². The van der Waals surface area contributed by atoms with Crippen molar-refractivity contribution in [2.24, 2.45) is 5.73 Å². The zero-order valence-corrected chi connectivity index (χ0v) is 8.66. The number of nitrogens with two attached hydrogens (primary N) is 1. The predicted octanol–water partition coefficient (Wildman–Crippen LogP) is 3.19. The SMILES string of the molecule is CC(CN)c1cc(Cl)c(F)c(Cl)c1. The topological polar surface area (TPSA) is 26.0 Å². The number of hydrogen-bond acceptors (Lipinski definition) is 1. The maximum Gasteiger partial charge on any atom is 0.160 e. The molecule has 1 aromatic rings. The third kappa shape index (κ3) is 2.33. The van der Waals surface area contributed by atoms with Crippen LogP contribution in [-0.2, 0) is 0 Å². The molecule has 1 rings (SSSR count). The molecule has 1 atom stereocenters. The molecule has 0 fully saturated rings. The van der Waals surface area contributed by atoms with E-state index in [4.69, 9.17) is 28.9 Å². The first-order valence-corrected chi connectivity index (χ1v) is 4.66. The minimum atomic E-state index is -0.573. The van der Waals surface area contributed by atoms with Crippen molar-refractivity contribution in [2.45, 2.75) is 12.8 Å². The second-order valence-electron chi connectivity index (χ2n) is 2.94. The molecule has 0 amide bonds. The normalized spacial score (nSPS) is 13.0. The summed E-state index contributed by atoms with van der Waals surface area (Å²) < 4.78 is 13.0. The Labute approximate surface area is 86.6 Å². The Bertz CT molecular complexity index is 291. The Morgan fingerprint density at radius 2 is 1.85 bits per heavy atom. The van der Waals surface area contributed by atoms with E-state index >= 15 is 0 Å². The minimum absolute atomic E-state index is 0.0443. The molecule has 0 radical (unpaired) electrons. The van der Waals surface area contributed by atoms with Crippen LogP contribution in [-0.4, -0.2) is 6.54 Å². The average Bonchev–Trinajstić information content (AvgIpc) is 2.12. The van der Waals surface area contributed by atoms with Crippen molar-refractivity contribution >= 4 is 23.2 Å². The van der Waals surface area contributed by atoms with Gasteiger partial charge in [0.2, 0.25) is 0 Å². The van der Waals surface area contributed by atoms with Gasteiger partial charge in [-0.05, 0) is 30.2 Å². The van der Waals surface area contributed by atoms with Gasteiger partial charge in [0.1, 0.15) is 0 Å². The molecule has 13 heavy (non-hydrogen) atoms. The Balaban J connectivity index is 3.13. The minimum Gasteiger partial charge on any atom is -0.330 e. The van der Waals surface area contributed by atoms with Gasteiger partial charge in [0, 0.05) is 0 Å². The van der Waals surface area contributed by atoms with Crippen LogP contribution in [0.25, 0.3) is 0 Å². The lowest BCUT2D eigenvalue weighted by Crippen LogP contribution is -2.09. The van der Waals surface area contributed by atoms with Crippen LogP contribution in [0.15, 0.2) is 12.1 Å². The molecular formula is C9H10Cl2FN. The van der Waals surface area contributed by atoms with Gasteiger partial charge in [0.25, 0.3) is 0 Å². The highest BCUT2D eigenvalue weighted by atomic mass is 35.5. The van der Waals surface area contributed by atoms with Gasteiger partial charge >= 0.3 is 0 Å². The Morgan fingerprint density at radius 1 is 1.38 bits per heavy atom. The summed E-state index contributed by atoms with van der Waals surface area (Å²) in [7, 11) is 0. The van der Waals surface area contributed by atoms with Crippen molar-refractivity contribution in [3.63, 3.8) is 0 Å². The van der Waals surface area contributed by atoms with E-state index in [0.29, 0.717) is 6.54 Å². The molecular weight excluding hydrogens is 212 g/mol. The fraction of sp³-hybridized carbons (Fsp3) is 0.333. The zero-order chi connectivity index (χ0) is 10.0. The first kappa shape index (κ1) is 10.8. The van der Waals surface area contributed by atoms with Crippen LogP contribution in [0, 0.1) is 5.82 Å². The monoisotopic (exact) mass is 221 g/mol. The van der Waals surface area contributed by atoms with Crippen molar-refractivity contribution in [1.82, 2.24) is 0 Å². The second kappa shape index (κ2) is 4.27. The molecule has 1 unspecified atom stereocenters. The molecule has 0 aliphatic carbocycles. The van der Waals surface area contributed by atoms with Crippen LogP contribution >= 0.6 is 23.2 Å². The first-order valence-electron chi connectivity index (χ1n) is 3.90. The van der Waals surface area contributed by atoms with Gasteiger partial charge in [0.05, 0.1) is 10.0 Å². The second-order valence-corrected chi connectivity index (χ2v) is 3.75. The standard InChI is InChI=1S/C9H10Cl2FN/c1-5(4-13)6-2-7(10)9(12)8(11)3-6/h2-3,5H,4,13H2,1H3. The van der Waals surface area contributed by atoms with E-state index in [1.165, 1.54) is 0 Å². The molecule has 0 aliphatic rings. The number of hydrogen-bond donors (Lipinski definition) is 1. The molecule has 0 spiro atoms. The highest BCUT2D eigenvalue weighted by Crippen LogP contribution is 2.27. The fourth-order valence-corrected chi connectivity index (χ4v) is 1.50. The van der Waals surface area contributed by atoms with Gasteiger partial charge in [-0.1, -0.05) is 30.1 Å². The smallest absolute Gasteiger partial charge is 0.160 e. The number of halogens is 3. The van der Waals surface area contributed by atoms with E-state index in [1.54, 1.807) is 12.1 Å². The number of benzene rings is 1. The quantitative estimate of drug-likeness (QED) is 0.764. The summed E-state index contributed by atoms with van der Waals surface area (Å²) in [4.78, 5) is 0. The summed E-state index contributed by atoms with van der Waals surface area (Å²) in [5, 5.41) is 0.0885. The van der Waals surface area contributed by atoms with Crippen LogP contribution in [0.3, 0.4) is 0 Å². The molecule has 0 aromatic heterocycles. The van der Waals surface area contributed by atoms with Crippen molar-refractivity contribution in [2.75, 3.05) is 6.54 Å². The molecule has 1 nitrogen and oxygen atoms in total. The van der Waals surface area contributed by atoms with E-state index in [2.05, 4.69) is 0 Å². The van der Waals surface area contributed by atoms with Gasteiger partial charge < -0.3 is 5.73 Å². The van der Waals surface area contributed by atoms with Gasteiger partial charge in [-0.3, -0.25) is 0 Å². The molecule has 0 aliphatic heterocycles. The van der Waals surface area contributed by atoms with Gasteiger partial charge in [-0.2, -0.15) is 0 Å². The molecule has 0 bridgehead atoms. The van der Waals surface area contributed by atoms with Crippen molar-refractivity contribution < 1.29 is 4.39 Å². The van der Waals surface area contributed by atoms with Crippen molar-refractivity contribution in [3.8, 4) is 0 Å². The van der Waals surface area contributed by atoms with Gasteiger partial charge in [0.15, 0.2) is 5.82 Å².